The number of aryl methyl sites for hydroxylation is 1. The third-order valence-corrected chi connectivity index (χ3v) is 6.86. The Kier molecular flexibility index (Phi) is 6.72. The Bertz CT molecular complexity index is 967. The summed E-state index contributed by atoms with van der Waals surface area (Å²) in [5, 5.41) is 1.07. The molecule has 3 aromatic rings. The Morgan fingerprint density at radius 2 is 1.90 bits per heavy atom. The summed E-state index contributed by atoms with van der Waals surface area (Å²) in [5.41, 5.74) is 4.00. The van der Waals surface area contributed by atoms with E-state index >= 15 is 0 Å². The number of hydrogen-bond acceptors (Lipinski definition) is 4. The molecule has 30 heavy (non-hydrogen) atoms. The van der Waals surface area contributed by atoms with Gasteiger partial charge in [0, 0.05) is 49.0 Å². The Balaban J connectivity index is 1.54. The highest BCUT2D eigenvalue weighted by Crippen LogP contribution is 2.37. The number of hydrogen-bond donors (Lipinski definition) is 0. The first-order valence-electron chi connectivity index (χ1n) is 10.7. The number of nitrogens with zero attached hydrogens (tertiary/aromatic N) is 4. The number of anilines is 1. The van der Waals surface area contributed by atoms with E-state index in [1.807, 2.05) is 61.5 Å². The highest BCUT2D eigenvalue weighted by molar-refractivity contribution is 7.99. The minimum Gasteiger partial charge on any atom is -0.374 e. The van der Waals surface area contributed by atoms with Crippen LogP contribution in [0.15, 0.2) is 54.1 Å². The van der Waals surface area contributed by atoms with Gasteiger partial charge in [0.15, 0.2) is 5.16 Å². The van der Waals surface area contributed by atoms with Crippen molar-refractivity contribution in [2.24, 2.45) is 0 Å². The summed E-state index contributed by atoms with van der Waals surface area (Å²) in [7, 11) is 2.11. The van der Waals surface area contributed by atoms with Crippen LogP contribution in [0.4, 0.5) is 10.1 Å². The summed E-state index contributed by atoms with van der Waals surface area (Å²) >= 11 is 1.81. The number of imidazole rings is 1. The highest BCUT2D eigenvalue weighted by atomic mass is 32.2. The van der Waals surface area contributed by atoms with E-state index < -0.39 is 0 Å². The molecule has 2 heterocycles. The van der Waals surface area contributed by atoms with Crippen molar-refractivity contribution in [1.82, 2.24) is 14.5 Å². The second-order valence-electron chi connectivity index (χ2n) is 8.03. The van der Waals surface area contributed by atoms with Gasteiger partial charge < -0.3 is 9.47 Å². The molecule has 1 aliphatic carbocycles. The lowest BCUT2D eigenvalue weighted by atomic mass is 9.95. The molecule has 2 aromatic heterocycles. The zero-order chi connectivity index (χ0) is 20.9. The lowest BCUT2D eigenvalue weighted by Gasteiger charge is -2.27. The van der Waals surface area contributed by atoms with Gasteiger partial charge in [-0.2, -0.15) is 0 Å². The van der Waals surface area contributed by atoms with Crippen LogP contribution < -0.4 is 4.90 Å². The molecule has 0 atom stereocenters. The zero-order valence-corrected chi connectivity index (χ0v) is 18.5. The molecule has 158 valence electrons. The summed E-state index contributed by atoms with van der Waals surface area (Å²) in [6.07, 6.45) is 11.8. The molecule has 1 saturated carbocycles. The standard InChI is InChI=1S/C24H29FN4S/c1-18-16-19(8-9-22(18)25)23-17-27-24(29(23)21-6-4-3-5-7-21)30-15-14-28(2)20-10-12-26-13-11-20/h8-13,16-17,21H,3-7,14-15H2,1-2H3. The summed E-state index contributed by atoms with van der Waals surface area (Å²) in [6, 6.07) is 9.92. The van der Waals surface area contributed by atoms with Crippen LogP contribution in [0, 0.1) is 12.7 Å². The Hall–Kier alpha value is -2.34. The van der Waals surface area contributed by atoms with Crippen LogP contribution in [0.3, 0.4) is 0 Å². The monoisotopic (exact) mass is 424 g/mol. The lowest BCUT2D eigenvalue weighted by molar-refractivity contribution is 0.339. The van der Waals surface area contributed by atoms with Crippen LogP contribution in [0.2, 0.25) is 0 Å². The third kappa shape index (κ3) is 4.69. The number of rotatable bonds is 7. The van der Waals surface area contributed by atoms with Crippen molar-refractivity contribution in [3.63, 3.8) is 0 Å². The molecule has 0 unspecified atom stereocenters. The van der Waals surface area contributed by atoms with Gasteiger partial charge in [-0.3, -0.25) is 4.98 Å². The smallest absolute Gasteiger partial charge is 0.168 e. The number of benzene rings is 1. The first-order chi connectivity index (χ1) is 14.6. The molecule has 1 aliphatic rings. The van der Waals surface area contributed by atoms with Crippen LogP contribution in [0.25, 0.3) is 11.3 Å². The maximum Gasteiger partial charge on any atom is 0.168 e. The van der Waals surface area contributed by atoms with Crippen LogP contribution in [0.5, 0.6) is 0 Å². The Labute approximate surface area is 182 Å². The van der Waals surface area contributed by atoms with Crippen molar-refractivity contribution in [3.05, 3.63) is 60.3 Å². The van der Waals surface area contributed by atoms with Gasteiger partial charge in [0.25, 0.3) is 0 Å². The molecule has 0 bridgehead atoms. The molecule has 0 radical (unpaired) electrons. The lowest BCUT2D eigenvalue weighted by Crippen LogP contribution is -2.20. The van der Waals surface area contributed by atoms with Gasteiger partial charge in [0.05, 0.1) is 11.9 Å². The fourth-order valence-corrected chi connectivity index (χ4v) is 5.22. The minimum absolute atomic E-state index is 0.156. The third-order valence-electron chi connectivity index (χ3n) is 5.92. The second-order valence-corrected chi connectivity index (χ2v) is 9.09. The van der Waals surface area contributed by atoms with Crippen molar-refractivity contribution >= 4 is 17.4 Å². The molecule has 0 amide bonds. The largest absolute Gasteiger partial charge is 0.374 e. The first kappa shape index (κ1) is 20.9. The maximum atomic E-state index is 13.8. The molecular formula is C24H29FN4S. The Morgan fingerprint density at radius 1 is 1.13 bits per heavy atom. The molecule has 0 N–H and O–H groups in total. The molecule has 4 nitrogen and oxygen atoms in total. The van der Waals surface area contributed by atoms with Gasteiger partial charge >= 0.3 is 0 Å². The molecule has 4 rings (SSSR count). The van der Waals surface area contributed by atoms with E-state index in [-0.39, 0.29) is 5.82 Å². The number of thioether (sulfide) groups is 1. The van der Waals surface area contributed by atoms with E-state index in [1.165, 1.54) is 37.8 Å². The van der Waals surface area contributed by atoms with Crippen molar-refractivity contribution in [2.45, 2.75) is 50.2 Å². The second kappa shape index (κ2) is 9.65. The minimum atomic E-state index is -0.156. The fraction of sp³-hybridized carbons (Fsp3) is 0.417. The zero-order valence-electron chi connectivity index (χ0n) is 17.7. The quantitative estimate of drug-likeness (QED) is 0.428. The van der Waals surface area contributed by atoms with E-state index in [2.05, 4.69) is 21.5 Å². The molecule has 0 aliphatic heterocycles. The van der Waals surface area contributed by atoms with Crippen LogP contribution >= 0.6 is 11.8 Å². The van der Waals surface area contributed by atoms with Crippen LogP contribution in [-0.4, -0.2) is 33.9 Å². The van der Waals surface area contributed by atoms with Crippen molar-refractivity contribution in [1.29, 1.82) is 0 Å². The van der Waals surface area contributed by atoms with E-state index in [0.29, 0.717) is 11.6 Å². The van der Waals surface area contributed by atoms with Crippen molar-refractivity contribution in [2.75, 3.05) is 24.2 Å². The predicted octanol–water partition coefficient (Wildman–Crippen LogP) is 6.13. The number of aromatic nitrogens is 3. The van der Waals surface area contributed by atoms with Gasteiger partial charge in [-0.25, -0.2) is 9.37 Å². The van der Waals surface area contributed by atoms with E-state index in [1.54, 1.807) is 6.07 Å². The van der Waals surface area contributed by atoms with Crippen LogP contribution in [0.1, 0.15) is 43.7 Å². The average molecular weight is 425 g/mol. The van der Waals surface area contributed by atoms with E-state index in [9.17, 15) is 4.39 Å². The molecule has 6 heteroatoms. The molecule has 0 saturated heterocycles. The summed E-state index contributed by atoms with van der Waals surface area (Å²) < 4.78 is 16.2. The predicted molar refractivity (Wildman–Crippen MR) is 123 cm³/mol. The van der Waals surface area contributed by atoms with Crippen LogP contribution in [-0.2, 0) is 0 Å². The highest BCUT2D eigenvalue weighted by Gasteiger charge is 2.23. The van der Waals surface area contributed by atoms with Crippen molar-refractivity contribution < 1.29 is 4.39 Å². The van der Waals surface area contributed by atoms with Gasteiger partial charge in [-0.05, 0) is 55.7 Å². The first-order valence-corrected chi connectivity index (χ1v) is 11.7. The SMILES string of the molecule is Cc1cc(-c2cnc(SCCN(C)c3ccncc3)n2C2CCCCC2)ccc1F. The summed E-state index contributed by atoms with van der Waals surface area (Å²) in [4.78, 5) is 11.1. The normalized spacial score (nSPS) is 14.8. The fourth-order valence-electron chi connectivity index (χ4n) is 4.16. The van der Waals surface area contributed by atoms with E-state index in [0.717, 1.165) is 28.7 Å². The maximum absolute atomic E-state index is 13.8. The number of halogens is 1. The molecular weight excluding hydrogens is 395 g/mol. The molecule has 1 aromatic carbocycles. The Morgan fingerprint density at radius 3 is 2.63 bits per heavy atom. The summed E-state index contributed by atoms with van der Waals surface area (Å²) in [6.45, 7) is 2.75. The van der Waals surface area contributed by atoms with Gasteiger partial charge in [0.1, 0.15) is 5.82 Å². The molecule has 1 fully saturated rings. The molecule has 0 spiro atoms. The topological polar surface area (TPSA) is 34.0 Å². The summed E-state index contributed by atoms with van der Waals surface area (Å²) in [5.74, 6) is 0.793. The van der Waals surface area contributed by atoms with Gasteiger partial charge in [-0.1, -0.05) is 31.0 Å². The van der Waals surface area contributed by atoms with Crippen molar-refractivity contribution in [3.8, 4) is 11.3 Å². The van der Waals surface area contributed by atoms with Gasteiger partial charge in [0.2, 0.25) is 0 Å². The number of pyridine rings is 1. The van der Waals surface area contributed by atoms with E-state index in [4.69, 9.17) is 4.98 Å². The average Bonchev–Trinajstić information content (AvgIpc) is 3.20. The van der Waals surface area contributed by atoms with Gasteiger partial charge in [-0.15, -0.1) is 0 Å².